The molecular weight excluding hydrogens is 294 g/mol. The van der Waals surface area contributed by atoms with Crippen molar-refractivity contribution < 1.29 is 4.79 Å². The van der Waals surface area contributed by atoms with Crippen LogP contribution in [0, 0.1) is 6.92 Å². The van der Waals surface area contributed by atoms with E-state index in [9.17, 15) is 4.79 Å². The molecule has 94 valence electrons. The first-order valence-electron chi connectivity index (χ1n) is 5.68. The van der Waals surface area contributed by atoms with Crippen molar-refractivity contribution in [2.24, 2.45) is 5.73 Å². The first-order valence-corrected chi connectivity index (χ1v) is 6.48. The zero-order chi connectivity index (χ0) is 13.3. The number of nitrogens with zero attached hydrogens (tertiary/aromatic N) is 2. The van der Waals surface area contributed by atoms with E-state index in [0.717, 1.165) is 27.8 Å². The molecule has 2 aromatic rings. The summed E-state index contributed by atoms with van der Waals surface area (Å²) in [6, 6.07) is 7.76. The van der Waals surface area contributed by atoms with Crippen LogP contribution in [0.1, 0.15) is 28.7 Å². The topological polar surface area (TPSA) is 60.9 Å². The van der Waals surface area contributed by atoms with Crippen LogP contribution in [0.4, 0.5) is 0 Å². The van der Waals surface area contributed by atoms with E-state index in [-0.39, 0.29) is 0 Å². The molecular formula is C13H14BrN3O. The van der Waals surface area contributed by atoms with Gasteiger partial charge in [-0.15, -0.1) is 0 Å². The highest BCUT2D eigenvalue weighted by molar-refractivity contribution is 9.10. The molecule has 5 heteroatoms. The lowest BCUT2D eigenvalue weighted by Crippen LogP contribution is -2.14. The molecule has 0 aliphatic heterocycles. The molecule has 0 unspecified atom stereocenters. The van der Waals surface area contributed by atoms with Gasteiger partial charge in [-0.05, 0) is 31.5 Å². The van der Waals surface area contributed by atoms with Gasteiger partial charge in [0.15, 0.2) is 5.69 Å². The van der Waals surface area contributed by atoms with Crippen LogP contribution in [0.5, 0.6) is 0 Å². The molecule has 1 aromatic heterocycles. The third-order valence-corrected chi connectivity index (χ3v) is 3.37. The Kier molecular flexibility index (Phi) is 3.52. The molecule has 0 fully saturated rings. The summed E-state index contributed by atoms with van der Waals surface area (Å²) in [5.74, 6) is -0.483. The van der Waals surface area contributed by atoms with Crippen molar-refractivity contribution in [3.8, 4) is 5.69 Å². The molecule has 0 aliphatic rings. The van der Waals surface area contributed by atoms with Gasteiger partial charge < -0.3 is 5.73 Å². The maximum Gasteiger partial charge on any atom is 0.269 e. The highest BCUT2D eigenvalue weighted by Gasteiger charge is 2.17. The minimum atomic E-state index is -0.483. The van der Waals surface area contributed by atoms with E-state index in [2.05, 4.69) is 21.0 Å². The molecule has 4 nitrogen and oxygen atoms in total. The average Bonchev–Trinajstić information content (AvgIpc) is 2.66. The van der Waals surface area contributed by atoms with E-state index in [1.54, 1.807) is 4.68 Å². The van der Waals surface area contributed by atoms with Crippen molar-refractivity contribution in [2.75, 3.05) is 0 Å². The van der Waals surface area contributed by atoms with Gasteiger partial charge in [-0.2, -0.15) is 5.10 Å². The minimum Gasteiger partial charge on any atom is -0.364 e. The number of benzene rings is 1. The maximum atomic E-state index is 11.4. The maximum absolute atomic E-state index is 11.4. The van der Waals surface area contributed by atoms with Crippen molar-refractivity contribution in [1.82, 2.24) is 9.78 Å². The molecule has 0 bridgehead atoms. The van der Waals surface area contributed by atoms with Crippen LogP contribution in [0.2, 0.25) is 0 Å². The highest BCUT2D eigenvalue weighted by Crippen LogP contribution is 2.21. The van der Waals surface area contributed by atoms with Crippen LogP contribution in [0.3, 0.4) is 0 Å². The fraction of sp³-hybridized carbons (Fsp3) is 0.231. The summed E-state index contributed by atoms with van der Waals surface area (Å²) in [4.78, 5) is 11.4. The fourth-order valence-corrected chi connectivity index (χ4v) is 2.40. The molecule has 1 amide bonds. The SMILES string of the molecule is CCc1c(C(N)=O)nn(-c2cccc(Br)c2)c1C. The second kappa shape index (κ2) is 4.94. The number of nitrogens with two attached hydrogens (primary N) is 1. The molecule has 0 aliphatic carbocycles. The summed E-state index contributed by atoms with van der Waals surface area (Å²) >= 11 is 3.42. The van der Waals surface area contributed by atoms with Gasteiger partial charge in [0.05, 0.1) is 5.69 Å². The van der Waals surface area contributed by atoms with Gasteiger partial charge in [-0.1, -0.05) is 28.9 Å². The molecule has 18 heavy (non-hydrogen) atoms. The Hall–Kier alpha value is -1.62. The van der Waals surface area contributed by atoms with E-state index < -0.39 is 5.91 Å². The van der Waals surface area contributed by atoms with E-state index in [0.29, 0.717) is 5.69 Å². The zero-order valence-electron chi connectivity index (χ0n) is 10.3. The van der Waals surface area contributed by atoms with E-state index in [1.807, 2.05) is 38.1 Å². The monoisotopic (exact) mass is 307 g/mol. The first kappa shape index (κ1) is 12.8. The quantitative estimate of drug-likeness (QED) is 0.947. The highest BCUT2D eigenvalue weighted by atomic mass is 79.9. The Bertz CT molecular complexity index is 604. The largest absolute Gasteiger partial charge is 0.364 e. The molecule has 1 aromatic carbocycles. The summed E-state index contributed by atoms with van der Waals surface area (Å²) in [5, 5.41) is 4.31. The van der Waals surface area contributed by atoms with Gasteiger partial charge in [0.2, 0.25) is 0 Å². The van der Waals surface area contributed by atoms with Crippen LogP contribution >= 0.6 is 15.9 Å². The van der Waals surface area contributed by atoms with Crippen LogP contribution in [-0.4, -0.2) is 15.7 Å². The first-order chi connectivity index (χ1) is 8.54. The molecule has 2 N–H and O–H groups in total. The van der Waals surface area contributed by atoms with Crippen molar-refractivity contribution in [2.45, 2.75) is 20.3 Å². The van der Waals surface area contributed by atoms with Crippen molar-refractivity contribution in [3.05, 3.63) is 45.7 Å². The molecule has 1 heterocycles. The second-order valence-corrected chi connectivity index (χ2v) is 4.94. The number of carbonyl (C=O) groups is 1. The molecule has 0 saturated carbocycles. The van der Waals surface area contributed by atoms with E-state index >= 15 is 0 Å². The lowest BCUT2D eigenvalue weighted by Gasteiger charge is -2.05. The number of halogens is 1. The Morgan fingerprint density at radius 1 is 1.50 bits per heavy atom. The van der Waals surface area contributed by atoms with Crippen molar-refractivity contribution in [3.63, 3.8) is 0 Å². The Labute approximate surface area is 114 Å². The minimum absolute atomic E-state index is 0.356. The Morgan fingerprint density at radius 3 is 2.72 bits per heavy atom. The predicted molar refractivity (Wildman–Crippen MR) is 73.9 cm³/mol. The smallest absolute Gasteiger partial charge is 0.269 e. The summed E-state index contributed by atoms with van der Waals surface area (Å²) in [5.41, 5.74) is 8.47. The Balaban J connectivity index is 2.62. The van der Waals surface area contributed by atoms with Gasteiger partial charge in [-0.25, -0.2) is 4.68 Å². The summed E-state index contributed by atoms with van der Waals surface area (Å²) in [7, 11) is 0. The van der Waals surface area contributed by atoms with Crippen LogP contribution in [-0.2, 0) is 6.42 Å². The molecule has 0 atom stereocenters. The van der Waals surface area contributed by atoms with Gasteiger partial charge in [0.25, 0.3) is 5.91 Å². The second-order valence-electron chi connectivity index (χ2n) is 4.02. The predicted octanol–water partition coefficient (Wildman–Crippen LogP) is 2.60. The fourth-order valence-electron chi connectivity index (χ4n) is 2.02. The third-order valence-electron chi connectivity index (χ3n) is 2.88. The number of primary amides is 1. The normalized spacial score (nSPS) is 10.6. The molecule has 0 radical (unpaired) electrons. The van der Waals surface area contributed by atoms with Gasteiger partial charge in [0.1, 0.15) is 0 Å². The molecule has 0 saturated heterocycles. The summed E-state index contributed by atoms with van der Waals surface area (Å²) in [6.45, 7) is 3.93. The van der Waals surface area contributed by atoms with E-state index in [4.69, 9.17) is 5.73 Å². The van der Waals surface area contributed by atoms with Crippen LogP contribution in [0.25, 0.3) is 5.69 Å². The van der Waals surface area contributed by atoms with Gasteiger partial charge in [-0.3, -0.25) is 4.79 Å². The molecule has 2 rings (SSSR count). The number of rotatable bonds is 3. The standard InChI is InChI=1S/C13H14BrN3O/c1-3-11-8(2)17(16-12(11)13(15)18)10-6-4-5-9(14)7-10/h4-7H,3H2,1-2H3,(H2,15,18). The number of hydrogen-bond donors (Lipinski definition) is 1. The molecule has 0 spiro atoms. The number of amides is 1. The number of carbonyl (C=O) groups excluding carboxylic acids is 1. The summed E-state index contributed by atoms with van der Waals surface area (Å²) < 4.78 is 2.72. The van der Waals surface area contributed by atoms with Crippen LogP contribution < -0.4 is 5.73 Å². The van der Waals surface area contributed by atoms with Crippen molar-refractivity contribution >= 4 is 21.8 Å². The summed E-state index contributed by atoms with van der Waals surface area (Å²) in [6.07, 6.45) is 0.734. The lowest BCUT2D eigenvalue weighted by molar-refractivity contribution is 0.0994. The number of hydrogen-bond acceptors (Lipinski definition) is 2. The number of aromatic nitrogens is 2. The average molecular weight is 308 g/mol. The van der Waals surface area contributed by atoms with Crippen LogP contribution in [0.15, 0.2) is 28.7 Å². The van der Waals surface area contributed by atoms with Gasteiger partial charge >= 0.3 is 0 Å². The van der Waals surface area contributed by atoms with E-state index in [1.165, 1.54) is 0 Å². The van der Waals surface area contributed by atoms with Crippen molar-refractivity contribution in [1.29, 1.82) is 0 Å². The third kappa shape index (κ3) is 2.18. The lowest BCUT2D eigenvalue weighted by atomic mass is 10.1. The zero-order valence-corrected chi connectivity index (χ0v) is 11.9. The Morgan fingerprint density at radius 2 is 2.22 bits per heavy atom. The van der Waals surface area contributed by atoms with Gasteiger partial charge in [0, 0.05) is 15.7 Å².